The number of aryl methyl sites for hydroxylation is 1. The minimum Gasteiger partial charge on any atom is -0.495 e. The van der Waals surface area contributed by atoms with E-state index in [9.17, 15) is 22.4 Å². The van der Waals surface area contributed by atoms with Crippen LogP contribution in [0.1, 0.15) is 43.7 Å². The van der Waals surface area contributed by atoms with Crippen molar-refractivity contribution in [2.75, 3.05) is 24.2 Å². The van der Waals surface area contributed by atoms with Crippen LogP contribution in [0.2, 0.25) is 0 Å². The molecule has 8 nitrogen and oxygen atoms in total. The Hall–Kier alpha value is -3.14. The molecule has 196 valence electrons. The van der Waals surface area contributed by atoms with E-state index < -0.39 is 34.3 Å². The Morgan fingerprint density at radius 3 is 2.44 bits per heavy atom. The number of carbonyl (C=O) groups is 2. The van der Waals surface area contributed by atoms with Crippen molar-refractivity contribution in [3.63, 3.8) is 0 Å². The van der Waals surface area contributed by atoms with Crippen LogP contribution in [-0.2, 0) is 26.2 Å². The topological polar surface area (TPSA) is 96.0 Å². The van der Waals surface area contributed by atoms with E-state index in [0.29, 0.717) is 0 Å². The number of anilines is 1. The second-order valence-electron chi connectivity index (χ2n) is 9.22. The molecule has 0 saturated heterocycles. The first-order chi connectivity index (χ1) is 17.0. The van der Waals surface area contributed by atoms with Crippen LogP contribution in [0.3, 0.4) is 0 Å². The highest BCUT2D eigenvalue weighted by molar-refractivity contribution is 7.92. The Balaban J connectivity index is 1.94. The summed E-state index contributed by atoms with van der Waals surface area (Å²) in [4.78, 5) is 27.9. The van der Waals surface area contributed by atoms with Crippen LogP contribution < -0.4 is 14.4 Å². The van der Waals surface area contributed by atoms with Crippen molar-refractivity contribution < 1.29 is 27.1 Å². The van der Waals surface area contributed by atoms with E-state index in [-0.39, 0.29) is 35.5 Å². The molecule has 0 spiro atoms. The molecule has 1 atom stereocenters. The van der Waals surface area contributed by atoms with Crippen LogP contribution in [0.5, 0.6) is 5.75 Å². The van der Waals surface area contributed by atoms with Gasteiger partial charge in [-0.1, -0.05) is 37.1 Å². The van der Waals surface area contributed by atoms with E-state index in [2.05, 4.69) is 5.32 Å². The predicted molar refractivity (Wildman–Crippen MR) is 137 cm³/mol. The quantitative estimate of drug-likeness (QED) is 0.519. The third-order valence-corrected chi connectivity index (χ3v) is 7.58. The minimum atomic E-state index is -3.91. The molecule has 0 bridgehead atoms. The molecule has 0 aliphatic heterocycles. The van der Waals surface area contributed by atoms with Gasteiger partial charge in [-0.3, -0.25) is 13.9 Å². The highest BCUT2D eigenvalue weighted by Gasteiger charge is 2.32. The molecule has 2 amide bonds. The third-order valence-electron chi connectivity index (χ3n) is 6.45. The van der Waals surface area contributed by atoms with Gasteiger partial charge < -0.3 is 15.0 Å². The second kappa shape index (κ2) is 11.7. The van der Waals surface area contributed by atoms with Crippen LogP contribution in [-0.4, -0.2) is 57.1 Å². The van der Waals surface area contributed by atoms with Crippen LogP contribution >= 0.6 is 0 Å². The van der Waals surface area contributed by atoms with E-state index in [1.165, 1.54) is 30.2 Å². The van der Waals surface area contributed by atoms with Crippen LogP contribution in [0.4, 0.5) is 10.1 Å². The number of nitrogens with one attached hydrogen (secondary N) is 1. The molecular weight excluding hydrogens is 485 g/mol. The lowest BCUT2D eigenvalue weighted by molar-refractivity contribution is -0.139. The van der Waals surface area contributed by atoms with Gasteiger partial charge in [-0.15, -0.1) is 0 Å². The third kappa shape index (κ3) is 6.75. The Labute approximate surface area is 212 Å². The molecule has 1 fully saturated rings. The fourth-order valence-corrected chi connectivity index (χ4v) is 5.22. The number of sulfonamides is 1. The first-order valence-electron chi connectivity index (χ1n) is 12.0. The fraction of sp³-hybridized carbons (Fsp3) is 0.462. The first-order valence-corrected chi connectivity index (χ1v) is 13.8. The molecular formula is C26H34FN3O5S. The number of halogens is 1. The van der Waals surface area contributed by atoms with E-state index in [0.717, 1.165) is 41.8 Å². The summed E-state index contributed by atoms with van der Waals surface area (Å²) in [5.41, 5.74) is 1.21. The number of nitrogens with zero attached hydrogens (tertiary/aromatic N) is 2. The van der Waals surface area contributed by atoms with E-state index in [4.69, 9.17) is 4.74 Å². The molecule has 2 aromatic carbocycles. The van der Waals surface area contributed by atoms with E-state index in [1.54, 1.807) is 38.1 Å². The highest BCUT2D eigenvalue weighted by atomic mass is 32.2. The maximum absolute atomic E-state index is 14.5. The summed E-state index contributed by atoms with van der Waals surface area (Å²) < 4.78 is 46.4. The van der Waals surface area contributed by atoms with Gasteiger partial charge in [-0.2, -0.15) is 0 Å². The largest absolute Gasteiger partial charge is 0.495 e. The van der Waals surface area contributed by atoms with Gasteiger partial charge in [0.1, 0.15) is 24.2 Å². The number of rotatable bonds is 10. The number of benzene rings is 2. The normalized spacial score (nSPS) is 14.8. The summed E-state index contributed by atoms with van der Waals surface area (Å²) in [5.74, 6) is -1.22. The smallest absolute Gasteiger partial charge is 0.244 e. The predicted octanol–water partition coefficient (Wildman–Crippen LogP) is 3.38. The average molecular weight is 520 g/mol. The van der Waals surface area contributed by atoms with E-state index >= 15 is 0 Å². The molecule has 2 aromatic rings. The summed E-state index contributed by atoms with van der Waals surface area (Å²) in [6, 6.07) is 10.1. The van der Waals surface area contributed by atoms with Gasteiger partial charge in [-0.25, -0.2) is 12.8 Å². The van der Waals surface area contributed by atoms with Gasteiger partial charge in [0.25, 0.3) is 0 Å². The Kier molecular flexibility index (Phi) is 8.94. The molecule has 1 saturated carbocycles. The zero-order valence-electron chi connectivity index (χ0n) is 21.2. The van der Waals surface area contributed by atoms with Gasteiger partial charge in [0.05, 0.1) is 19.1 Å². The SMILES string of the molecule is COc1ccc(C)cc1N(CC(=O)N(Cc1ccccc1F)C(C)C(=O)NC1CCCC1)S(C)(=O)=O. The highest BCUT2D eigenvalue weighted by Crippen LogP contribution is 2.31. The number of methoxy groups -OCH3 is 1. The van der Waals surface area contributed by atoms with E-state index in [1.807, 2.05) is 0 Å². The van der Waals surface area contributed by atoms with Crippen molar-refractivity contribution in [2.45, 2.75) is 58.2 Å². The standard InChI is InChI=1S/C26H34FN3O5S/c1-18-13-14-24(35-3)23(15-18)30(36(4,33)34)17-25(31)29(16-20-9-5-8-12-22(20)27)19(2)26(32)28-21-10-6-7-11-21/h5,8-9,12-15,19,21H,6-7,10-11,16-17H2,1-4H3,(H,28,32). The van der Waals surface area contributed by atoms with Crippen molar-refractivity contribution in [3.8, 4) is 5.75 Å². The van der Waals surface area contributed by atoms with Crippen molar-refractivity contribution in [1.29, 1.82) is 0 Å². The average Bonchev–Trinajstić information content (AvgIpc) is 3.33. The molecule has 1 aliphatic rings. The molecule has 36 heavy (non-hydrogen) atoms. The molecule has 10 heteroatoms. The van der Waals surface area contributed by atoms with Crippen LogP contribution in [0.25, 0.3) is 0 Å². The zero-order valence-corrected chi connectivity index (χ0v) is 22.0. The lowest BCUT2D eigenvalue weighted by Gasteiger charge is -2.32. The molecule has 0 radical (unpaired) electrons. The number of amides is 2. The molecule has 0 heterocycles. The van der Waals surface area contributed by atoms with Crippen LogP contribution in [0, 0.1) is 12.7 Å². The summed E-state index contributed by atoms with van der Waals surface area (Å²) in [6.07, 6.45) is 4.79. The van der Waals surface area contributed by atoms with Gasteiger partial charge in [-0.05, 0) is 50.5 Å². The zero-order chi connectivity index (χ0) is 26.5. The lowest BCUT2D eigenvalue weighted by Crippen LogP contribution is -2.52. The Bertz CT molecular complexity index is 1200. The van der Waals surface area contributed by atoms with Crippen molar-refractivity contribution >= 4 is 27.5 Å². The summed E-state index contributed by atoms with van der Waals surface area (Å²) >= 11 is 0. The molecule has 1 unspecified atom stereocenters. The Morgan fingerprint density at radius 2 is 1.83 bits per heavy atom. The van der Waals surface area contributed by atoms with Crippen molar-refractivity contribution in [2.24, 2.45) is 0 Å². The number of hydrogen-bond acceptors (Lipinski definition) is 5. The first kappa shape index (κ1) is 27.4. The summed E-state index contributed by atoms with van der Waals surface area (Å²) in [7, 11) is -2.50. The second-order valence-corrected chi connectivity index (χ2v) is 11.1. The van der Waals surface area contributed by atoms with Crippen LogP contribution in [0.15, 0.2) is 42.5 Å². The Morgan fingerprint density at radius 1 is 1.17 bits per heavy atom. The summed E-state index contributed by atoms with van der Waals surface area (Å²) in [6.45, 7) is 2.60. The van der Waals surface area contributed by atoms with Crippen molar-refractivity contribution in [1.82, 2.24) is 10.2 Å². The monoisotopic (exact) mass is 519 g/mol. The molecule has 3 rings (SSSR count). The number of ether oxygens (including phenoxy) is 1. The maximum atomic E-state index is 14.5. The number of hydrogen-bond donors (Lipinski definition) is 1. The van der Waals surface area contributed by atoms with Crippen molar-refractivity contribution in [3.05, 3.63) is 59.4 Å². The number of carbonyl (C=O) groups excluding carboxylic acids is 2. The van der Waals surface area contributed by atoms with Gasteiger partial charge >= 0.3 is 0 Å². The molecule has 1 N–H and O–H groups in total. The summed E-state index contributed by atoms with van der Waals surface area (Å²) in [5, 5.41) is 2.98. The molecule has 1 aliphatic carbocycles. The fourth-order valence-electron chi connectivity index (χ4n) is 4.37. The van der Waals surface area contributed by atoms with Gasteiger partial charge in [0.15, 0.2) is 0 Å². The maximum Gasteiger partial charge on any atom is 0.244 e. The lowest BCUT2D eigenvalue weighted by atomic mass is 10.1. The van der Waals surface area contributed by atoms with Gasteiger partial charge in [0.2, 0.25) is 21.8 Å². The minimum absolute atomic E-state index is 0.0365. The van der Waals surface area contributed by atoms with Gasteiger partial charge in [0, 0.05) is 18.2 Å². The molecule has 0 aromatic heterocycles.